The van der Waals surface area contributed by atoms with Gasteiger partial charge in [-0.15, -0.1) is 0 Å². The first kappa shape index (κ1) is 36.1. The number of carbonyl (C=O) groups is 2. The molecule has 0 spiro atoms. The molecule has 4 rings (SSSR count). The van der Waals surface area contributed by atoms with Gasteiger partial charge in [0.1, 0.15) is 23.1 Å². The van der Waals surface area contributed by atoms with Crippen molar-refractivity contribution in [3.8, 4) is 0 Å². The molecule has 0 aromatic carbocycles. The van der Waals surface area contributed by atoms with Gasteiger partial charge in [-0.2, -0.15) is 0 Å². The molecule has 2 aliphatic heterocycles. The number of epoxide rings is 1. The Morgan fingerprint density at radius 2 is 1.76 bits per heavy atom. The van der Waals surface area contributed by atoms with Crippen molar-refractivity contribution in [1.82, 2.24) is 0 Å². The van der Waals surface area contributed by atoms with Crippen LogP contribution in [0, 0.1) is 22.7 Å². The van der Waals surface area contributed by atoms with E-state index >= 15 is 0 Å². The molecule has 2 N–H and O–H groups in total. The molecule has 2 saturated carbocycles. The Hall–Kier alpha value is -2.74. The van der Waals surface area contributed by atoms with Crippen molar-refractivity contribution in [2.24, 2.45) is 22.7 Å². The molecule has 7 atom stereocenters. The quantitative estimate of drug-likeness (QED) is 0.104. The van der Waals surface area contributed by atoms with Crippen LogP contribution >= 0.6 is 0 Å². The molecule has 7 nitrogen and oxygen atoms in total. The molecule has 46 heavy (non-hydrogen) atoms. The van der Waals surface area contributed by atoms with Gasteiger partial charge in [0, 0.05) is 31.6 Å². The summed E-state index contributed by atoms with van der Waals surface area (Å²) in [6.07, 6.45) is 22.3. The van der Waals surface area contributed by atoms with E-state index in [-0.39, 0.29) is 35.0 Å². The van der Waals surface area contributed by atoms with Crippen LogP contribution in [0.2, 0.25) is 0 Å². The van der Waals surface area contributed by atoms with E-state index in [1.54, 1.807) is 0 Å². The lowest BCUT2D eigenvalue weighted by Gasteiger charge is -2.46. The zero-order chi connectivity index (χ0) is 34.1. The fourth-order valence-corrected chi connectivity index (χ4v) is 8.31. The maximum atomic E-state index is 12.6. The number of ether oxygens (including phenoxy) is 3. The lowest BCUT2D eigenvalue weighted by molar-refractivity contribution is -0.152. The predicted molar refractivity (Wildman–Crippen MR) is 180 cm³/mol. The molecule has 3 fully saturated rings. The lowest BCUT2D eigenvalue weighted by atomic mass is 9.63. The van der Waals surface area contributed by atoms with Crippen molar-refractivity contribution >= 4 is 11.9 Å². The van der Waals surface area contributed by atoms with Gasteiger partial charge in [0.25, 0.3) is 0 Å². The molecular formula is C39H56O7. The third kappa shape index (κ3) is 8.03. The Balaban J connectivity index is 1.24. The summed E-state index contributed by atoms with van der Waals surface area (Å²) in [6, 6.07) is 0. The van der Waals surface area contributed by atoms with E-state index in [4.69, 9.17) is 14.2 Å². The molecule has 254 valence electrons. The van der Waals surface area contributed by atoms with Crippen LogP contribution in [0.15, 0.2) is 71.6 Å². The van der Waals surface area contributed by atoms with Crippen molar-refractivity contribution in [2.75, 3.05) is 0 Å². The predicted octanol–water partition coefficient (Wildman–Crippen LogP) is 7.60. The SMILES string of the molecule is CC(=O)O[C@H]1CC(C)(C)C(=CCC(C)C/C=C/C=C/C=C(\C)CC2=CC(/C=C/[C@@]34O[C@]3(C)C[C@@H](O)CC4(C)C)C(=O)O2)[C@](C)(O)C1. The monoisotopic (exact) mass is 636 g/mol. The van der Waals surface area contributed by atoms with Crippen molar-refractivity contribution in [2.45, 2.75) is 136 Å². The van der Waals surface area contributed by atoms with E-state index in [9.17, 15) is 19.8 Å². The van der Waals surface area contributed by atoms with Crippen molar-refractivity contribution in [3.05, 3.63) is 71.6 Å². The van der Waals surface area contributed by atoms with Gasteiger partial charge in [-0.25, -0.2) is 0 Å². The van der Waals surface area contributed by atoms with Crippen molar-refractivity contribution < 1.29 is 34.0 Å². The number of rotatable bonds is 11. The van der Waals surface area contributed by atoms with Gasteiger partial charge in [-0.3, -0.25) is 9.59 Å². The van der Waals surface area contributed by atoms with Crippen LogP contribution in [0.4, 0.5) is 0 Å². The highest BCUT2D eigenvalue weighted by molar-refractivity contribution is 5.80. The second-order valence-electron chi connectivity index (χ2n) is 15.9. The van der Waals surface area contributed by atoms with Crippen LogP contribution in [-0.4, -0.2) is 51.2 Å². The molecule has 4 aliphatic rings. The minimum Gasteiger partial charge on any atom is -0.462 e. The first-order chi connectivity index (χ1) is 21.3. The minimum absolute atomic E-state index is 0.228. The molecule has 0 aromatic rings. The standard InChI is InChI=1S/C39H56O7/c1-26(16-17-33-35(4,5)24-32(44-28(3)40)25-37(33,8)43)14-12-10-11-13-15-27(2)20-31-21-29(34(42)45-31)18-19-39-36(6,7)22-30(41)23-38(39,9)46-39/h10-13,15,17-19,21,26,29-30,32,41,43H,14,16,20,22-25H2,1-9H3/b12-10+,13-11+,19-18+,27-15+,33-17?/t26?,29?,30-,32-,37+,38+,39-/m0/s1. The third-order valence-electron chi connectivity index (χ3n) is 10.4. The first-order valence-corrected chi connectivity index (χ1v) is 16.9. The molecule has 7 heteroatoms. The maximum absolute atomic E-state index is 12.6. The normalized spacial score (nSPS) is 37.1. The van der Waals surface area contributed by atoms with Crippen LogP contribution in [-0.2, 0) is 23.8 Å². The lowest BCUT2D eigenvalue weighted by Crippen LogP contribution is -2.46. The summed E-state index contributed by atoms with van der Waals surface area (Å²) >= 11 is 0. The van der Waals surface area contributed by atoms with Crippen molar-refractivity contribution in [3.63, 3.8) is 0 Å². The summed E-state index contributed by atoms with van der Waals surface area (Å²) in [5.74, 6) is 0.0713. The average Bonchev–Trinajstić information content (AvgIpc) is 3.36. The molecule has 0 bridgehead atoms. The largest absolute Gasteiger partial charge is 0.462 e. The second-order valence-corrected chi connectivity index (χ2v) is 15.9. The summed E-state index contributed by atoms with van der Waals surface area (Å²) in [7, 11) is 0. The van der Waals surface area contributed by atoms with Crippen LogP contribution in [0.5, 0.6) is 0 Å². The topological polar surface area (TPSA) is 106 Å². The Labute approximate surface area is 276 Å². The summed E-state index contributed by atoms with van der Waals surface area (Å²) in [4.78, 5) is 24.1. The van der Waals surface area contributed by atoms with E-state index in [2.05, 4.69) is 46.8 Å². The molecule has 0 aromatic heterocycles. The van der Waals surface area contributed by atoms with E-state index < -0.39 is 22.7 Å². The molecule has 2 heterocycles. The Bertz CT molecular complexity index is 1340. The van der Waals surface area contributed by atoms with Crippen LogP contribution in [0.3, 0.4) is 0 Å². The second kappa shape index (κ2) is 13.4. The summed E-state index contributed by atoms with van der Waals surface area (Å²) in [6.45, 7) is 18.0. The van der Waals surface area contributed by atoms with E-state index in [0.717, 1.165) is 24.0 Å². The van der Waals surface area contributed by atoms with Gasteiger partial charge < -0.3 is 24.4 Å². The zero-order valence-electron chi connectivity index (χ0n) is 29.4. The van der Waals surface area contributed by atoms with Gasteiger partial charge in [-0.05, 0) is 69.4 Å². The van der Waals surface area contributed by atoms with E-state index in [1.807, 2.05) is 63.3 Å². The van der Waals surface area contributed by atoms with Crippen LogP contribution in [0.1, 0.15) is 107 Å². The Morgan fingerprint density at radius 3 is 2.41 bits per heavy atom. The summed E-state index contributed by atoms with van der Waals surface area (Å²) in [5, 5.41) is 21.5. The number of aliphatic hydroxyl groups excluding tert-OH is 1. The maximum Gasteiger partial charge on any atom is 0.321 e. The number of carbonyl (C=O) groups excluding carboxylic acids is 2. The molecule has 0 amide bonds. The number of hydrogen-bond donors (Lipinski definition) is 2. The highest BCUT2D eigenvalue weighted by atomic mass is 16.6. The Kier molecular flexibility index (Phi) is 10.5. The molecule has 2 unspecified atom stereocenters. The van der Waals surface area contributed by atoms with E-state index in [0.29, 0.717) is 43.8 Å². The van der Waals surface area contributed by atoms with Crippen LogP contribution < -0.4 is 0 Å². The van der Waals surface area contributed by atoms with Gasteiger partial charge in [-0.1, -0.05) is 88.8 Å². The highest BCUT2D eigenvalue weighted by Crippen LogP contribution is 2.66. The minimum atomic E-state index is -1.00. The number of cyclic esters (lactones) is 1. The number of hydrogen-bond acceptors (Lipinski definition) is 7. The Morgan fingerprint density at radius 1 is 1.04 bits per heavy atom. The number of allylic oxidation sites excluding steroid dienone is 7. The fraction of sp³-hybridized carbons (Fsp3) is 0.641. The van der Waals surface area contributed by atoms with Gasteiger partial charge in [0.2, 0.25) is 0 Å². The van der Waals surface area contributed by atoms with Gasteiger partial charge in [0.15, 0.2) is 0 Å². The van der Waals surface area contributed by atoms with Gasteiger partial charge >= 0.3 is 11.9 Å². The summed E-state index contributed by atoms with van der Waals surface area (Å²) in [5.41, 5.74) is -0.233. The average molecular weight is 637 g/mol. The summed E-state index contributed by atoms with van der Waals surface area (Å²) < 4.78 is 17.2. The number of esters is 2. The van der Waals surface area contributed by atoms with E-state index in [1.165, 1.54) is 6.92 Å². The van der Waals surface area contributed by atoms with Gasteiger partial charge in [0.05, 0.1) is 17.6 Å². The molecular weight excluding hydrogens is 580 g/mol. The smallest absolute Gasteiger partial charge is 0.321 e. The highest BCUT2D eigenvalue weighted by Gasteiger charge is 2.74. The number of fused-ring (bicyclic) bond motifs is 1. The first-order valence-electron chi connectivity index (χ1n) is 16.9. The van der Waals surface area contributed by atoms with Crippen molar-refractivity contribution in [1.29, 1.82) is 0 Å². The number of aliphatic hydroxyl groups is 2. The molecule has 1 saturated heterocycles. The third-order valence-corrected chi connectivity index (χ3v) is 10.4. The zero-order valence-corrected chi connectivity index (χ0v) is 29.4. The molecule has 0 radical (unpaired) electrons. The fourth-order valence-electron chi connectivity index (χ4n) is 8.31. The molecule has 2 aliphatic carbocycles. The van der Waals surface area contributed by atoms with Crippen LogP contribution in [0.25, 0.3) is 0 Å².